The smallest absolute Gasteiger partial charge is 0.106 e. The monoisotopic (exact) mass is 323 g/mol. The van der Waals surface area contributed by atoms with E-state index in [-0.39, 0.29) is 43.0 Å². The normalized spacial score (nSPS) is 1.00. The molecule has 0 unspecified atom stereocenters. The zero-order valence-corrected chi connectivity index (χ0v) is 6.93. The summed E-state index contributed by atoms with van der Waals surface area (Å²) in [6, 6.07) is 0. The molecule has 6 N–H and O–H groups in total. The molecule has 0 bridgehead atoms. The molecule has 0 aromatic heterocycles. The molecular formula is CH11I2NO2. The minimum atomic E-state index is 0. The van der Waals surface area contributed by atoms with Crippen LogP contribution in [0.4, 0.5) is 0 Å². The van der Waals surface area contributed by atoms with E-state index in [1.54, 1.807) is 0 Å². The van der Waals surface area contributed by atoms with Crippen LogP contribution in [0.3, 0.4) is 0 Å². The number of hydrogen-bond donors (Lipinski definition) is 2. The predicted molar refractivity (Wildman–Crippen MR) is 47.0 cm³/mol. The van der Waals surface area contributed by atoms with Gasteiger partial charge in [0.15, 0.2) is 0 Å². The minimum Gasteiger partial charge on any atom is -0.412 e. The van der Waals surface area contributed by atoms with Crippen molar-refractivity contribution in [3.8, 4) is 0 Å². The van der Waals surface area contributed by atoms with Gasteiger partial charge < -0.3 is 15.1 Å². The summed E-state index contributed by atoms with van der Waals surface area (Å²) in [5.74, 6) is 0. The molecule has 3 nitrogen and oxygen atoms in total. The fourth-order valence-electron chi connectivity index (χ4n) is 0. The van der Waals surface area contributed by atoms with Crippen molar-refractivity contribution in [3.63, 3.8) is 0 Å². The summed E-state index contributed by atoms with van der Waals surface area (Å²) in [7, 11) is 0. The van der Waals surface area contributed by atoms with Crippen LogP contribution in [-0.2, 0) is 0 Å². The third-order valence-electron chi connectivity index (χ3n) is 0. The van der Waals surface area contributed by atoms with E-state index in [9.17, 15) is 0 Å². The van der Waals surface area contributed by atoms with Gasteiger partial charge in [0.25, 0.3) is 0 Å². The molecule has 0 amide bonds. The Bertz CT molecular complexity index is 11.5. The second-order valence-electron chi connectivity index (χ2n) is 0. The van der Waals surface area contributed by atoms with E-state index in [1.165, 1.54) is 0 Å². The highest BCUT2D eigenvalue weighted by Crippen LogP contribution is 1.46. The van der Waals surface area contributed by atoms with Crippen LogP contribution in [0, 0.1) is 0 Å². The molecule has 0 saturated carbocycles. The topological polar surface area (TPSA) is 86.7 Å². The van der Waals surface area contributed by atoms with E-state index >= 15 is 0 Å². The summed E-state index contributed by atoms with van der Waals surface area (Å²) in [4.78, 5) is 0. The molecule has 0 rings (SSSR count). The Morgan fingerprint density at radius 2 is 1.17 bits per heavy atom. The highest BCUT2D eigenvalue weighted by molar-refractivity contribution is 14.1. The molecule has 0 aliphatic carbocycles. The maximum absolute atomic E-state index is 6.97. The Balaban J connectivity index is -0.000000000833. The highest BCUT2D eigenvalue weighted by Gasteiger charge is 0.911. The van der Waals surface area contributed by atoms with Crippen molar-refractivity contribution in [2.24, 2.45) is 0 Å². The second kappa shape index (κ2) is 101. The first-order chi connectivity index (χ1) is 1.00. The van der Waals surface area contributed by atoms with Gasteiger partial charge in [0.05, 0.1) is 0 Å². The third kappa shape index (κ3) is 56.0. The standard InChI is InChI=1S/CH4.HIO.HI.H3N.H2O/c;1-2;;;/h1H4;2H;1H;1H3;1H2. The van der Waals surface area contributed by atoms with E-state index in [1.807, 2.05) is 0 Å². The molecule has 46 valence electrons. The number of hydrogen-bond acceptors (Lipinski definition) is 2. The van der Waals surface area contributed by atoms with E-state index < -0.39 is 0 Å². The van der Waals surface area contributed by atoms with E-state index in [0.29, 0.717) is 0 Å². The average Bonchev–Trinajstić information content (AvgIpc) is 1.00. The van der Waals surface area contributed by atoms with Gasteiger partial charge in [0.1, 0.15) is 23.0 Å². The zero-order chi connectivity index (χ0) is 2.00. The molecule has 0 aromatic carbocycles. The van der Waals surface area contributed by atoms with Gasteiger partial charge in [-0.3, -0.25) is 0 Å². The SMILES string of the molecule is C.I.N.O.OI. The van der Waals surface area contributed by atoms with E-state index in [0.717, 1.165) is 23.0 Å². The van der Waals surface area contributed by atoms with Gasteiger partial charge in [-0.05, 0) is 0 Å². The summed E-state index contributed by atoms with van der Waals surface area (Å²) in [6.07, 6.45) is 0. The summed E-state index contributed by atoms with van der Waals surface area (Å²) in [5.41, 5.74) is 0. The largest absolute Gasteiger partial charge is 0.412 e. The van der Waals surface area contributed by atoms with Crippen LogP contribution in [-0.4, -0.2) is 8.91 Å². The maximum Gasteiger partial charge on any atom is 0.106 e. The van der Waals surface area contributed by atoms with Crippen LogP contribution in [0.1, 0.15) is 7.43 Å². The second-order valence-corrected chi connectivity index (χ2v) is 0. The number of rotatable bonds is 0. The van der Waals surface area contributed by atoms with Crippen LogP contribution >= 0.6 is 47.0 Å². The Hall–Kier alpha value is 1.34. The Kier molecular flexibility index (Phi) is 904. The highest BCUT2D eigenvalue weighted by atomic mass is 127. The van der Waals surface area contributed by atoms with Crippen LogP contribution in [0.5, 0.6) is 0 Å². The maximum atomic E-state index is 6.97. The first kappa shape index (κ1) is 53.9. The first-order valence-corrected chi connectivity index (χ1v) is 1.13. The van der Waals surface area contributed by atoms with Crippen LogP contribution < -0.4 is 6.15 Å². The summed E-state index contributed by atoms with van der Waals surface area (Å²) < 4.78 is 6.97. The van der Waals surface area contributed by atoms with Gasteiger partial charge in [-0.15, -0.1) is 24.0 Å². The van der Waals surface area contributed by atoms with Crippen LogP contribution in [0.15, 0.2) is 0 Å². The molecule has 0 radical (unpaired) electrons. The lowest BCUT2D eigenvalue weighted by atomic mass is 12.0. The third-order valence-corrected chi connectivity index (χ3v) is 0. The van der Waals surface area contributed by atoms with Crippen molar-refractivity contribution in [1.82, 2.24) is 6.15 Å². The summed E-state index contributed by atoms with van der Waals surface area (Å²) in [5, 5.41) is 0. The van der Waals surface area contributed by atoms with E-state index in [4.69, 9.17) is 3.44 Å². The molecule has 0 fully saturated rings. The van der Waals surface area contributed by atoms with Crippen molar-refractivity contribution in [1.29, 1.82) is 0 Å². The zero-order valence-electron chi connectivity index (χ0n) is 2.44. The van der Waals surface area contributed by atoms with E-state index in [2.05, 4.69) is 0 Å². The van der Waals surface area contributed by atoms with Crippen molar-refractivity contribution >= 4 is 47.0 Å². The summed E-state index contributed by atoms with van der Waals surface area (Å²) >= 11 is 1.15. The van der Waals surface area contributed by atoms with Crippen LogP contribution in [0.25, 0.3) is 0 Å². The Morgan fingerprint density at radius 3 is 1.17 bits per heavy atom. The summed E-state index contributed by atoms with van der Waals surface area (Å²) in [6.45, 7) is 0. The molecule has 0 aliphatic rings. The number of halogens is 2. The average molecular weight is 323 g/mol. The molecular weight excluding hydrogens is 312 g/mol. The van der Waals surface area contributed by atoms with Gasteiger partial charge in [-0.1, -0.05) is 7.43 Å². The first-order valence-electron chi connectivity index (χ1n) is 0.169. The molecule has 0 aliphatic heterocycles. The Morgan fingerprint density at radius 1 is 1.17 bits per heavy atom. The van der Waals surface area contributed by atoms with Gasteiger partial charge in [-0.25, -0.2) is 0 Å². The lowest BCUT2D eigenvalue weighted by molar-refractivity contribution is 0.748. The van der Waals surface area contributed by atoms with Gasteiger partial charge >= 0.3 is 0 Å². The van der Waals surface area contributed by atoms with Crippen molar-refractivity contribution in [2.45, 2.75) is 7.43 Å². The van der Waals surface area contributed by atoms with Gasteiger partial charge in [0, 0.05) is 0 Å². The fraction of sp³-hybridized carbons (Fsp3) is 1.00. The van der Waals surface area contributed by atoms with Crippen molar-refractivity contribution in [2.75, 3.05) is 0 Å². The molecule has 0 aromatic rings. The molecule has 0 atom stereocenters. The lowest BCUT2D eigenvalue weighted by Gasteiger charge is -1.14. The quantitative estimate of drug-likeness (QED) is 0.650. The molecule has 0 spiro atoms. The van der Waals surface area contributed by atoms with Crippen molar-refractivity contribution < 1.29 is 8.91 Å². The molecule has 0 heterocycles. The fourth-order valence-corrected chi connectivity index (χ4v) is 0. The Labute approximate surface area is 69.1 Å². The van der Waals surface area contributed by atoms with Gasteiger partial charge in [0.2, 0.25) is 0 Å². The van der Waals surface area contributed by atoms with Gasteiger partial charge in [-0.2, -0.15) is 0 Å². The predicted octanol–water partition coefficient (Wildman–Crippen LogP) is 0.920. The molecule has 5 heteroatoms. The molecule has 0 saturated heterocycles. The van der Waals surface area contributed by atoms with Crippen LogP contribution in [0.2, 0.25) is 0 Å². The molecule has 6 heavy (non-hydrogen) atoms. The van der Waals surface area contributed by atoms with Crippen molar-refractivity contribution in [3.05, 3.63) is 0 Å². The minimum absolute atomic E-state index is 0. The lowest BCUT2D eigenvalue weighted by Crippen LogP contribution is -0.862.